The van der Waals surface area contributed by atoms with E-state index in [0.29, 0.717) is 22.8 Å². The Balaban J connectivity index is 1.81. The minimum Gasteiger partial charge on any atom is -0.453 e. The van der Waals surface area contributed by atoms with E-state index < -0.39 is 5.91 Å². The summed E-state index contributed by atoms with van der Waals surface area (Å²) in [6.45, 7) is 2.02. The Morgan fingerprint density at radius 2 is 1.21 bits per heavy atom. The Kier molecular flexibility index (Phi) is 4.47. The van der Waals surface area contributed by atoms with Crippen LogP contribution in [0.4, 0.5) is 0 Å². The fraction of sp³-hybridized carbons (Fsp3) is 0.0500. The van der Waals surface area contributed by atoms with Gasteiger partial charge in [-0.05, 0) is 55.5 Å². The second-order valence-corrected chi connectivity index (χ2v) is 5.35. The molecule has 0 radical (unpaired) electrons. The lowest BCUT2D eigenvalue weighted by Gasteiger charge is -2.12. The smallest absolute Gasteiger partial charge is 0.248 e. The van der Waals surface area contributed by atoms with Gasteiger partial charge in [0.1, 0.15) is 11.5 Å². The van der Waals surface area contributed by atoms with Gasteiger partial charge in [0.25, 0.3) is 0 Å². The third-order valence-corrected chi connectivity index (χ3v) is 3.46. The number of rotatable bonds is 5. The highest BCUT2D eigenvalue weighted by molar-refractivity contribution is 5.92. The van der Waals surface area contributed by atoms with E-state index in [9.17, 15) is 4.79 Å². The van der Waals surface area contributed by atoms with Crippen LogP contribution in [0.15, 0.2) is 72.8 Å². The van der Waals surface area contributed by atoms with Crippen molar-refractivity contribution in [3.05, 3.63) is 83.9 Å². The monoisotopic (exact) mass is 319 g/mol. The third-order valence-electron chi connectivity index (χ3n) is 3.46. The van der Waals surface area contributed by atoms with E-state index in [4.69, 9.17) is 15.2 Å². The van der Waals surface area contributed by atoms with Crippen LogP contribution in [0.3, 0.4) is 0 Å². The van der Waals surface area contributed by atoms with Gasteiger partial charge in [0.15, 0.2) is 11.5 Å². The van der Waals surface area contributed by atoms with E-state index in [1.165, 1.54) is 5.56 Å². The molecule has 3 aromatic carbocycles. The molecule has 120 valence electrons. The lowest BCUT2D eigenvalue weighted by Crippen LogP contribution is -2.10. The fourth-order valence-electron chi connectivity index (χ4n) is 2.17. The molecule has 1 amide bonds. The first-order valence-electron chi connectivity index (χ1n) is 7.53. The summed E-state index contributed by atoms with van der Waals surface area (Å²) in [5.41, 5.74) is 6.84. The second kappa shape index (κ2) is 6.87. The number of amides is 1. The maximum absolute atomic E-state index is 11.1. The molecule has 0 spiro atoms. The summed E-state index contributed by atoms with van der Waals surface area (Å²) in [6.07, 6.45) is 0. The summed E-state index contributed by atoms with van der Waals surface area (Å²) in [5.74, 6) is 2.07. The Labute approximate surface area is 140 Å². The molecule has 0 aromatic heterocycles. The Morgan fingerprint density at radius 3 is 1.67 bits per heavy atom. The fourth-order valence-corrected chi connectivity index (χ4v) is 2.17. The predicted molar refractivity (Wildman–Crippen MR) is 92.7 cm³/mol. The average molecular weight is 319 g/mol. The molecule has 0 aliphatic heterocycles. The van der Waals surface area contributed by atoms with Crippen LogP contribution < -0.4 is 15.2 Å². The molecule has 0 atom stereocenters. The number of aryl methyl sites for hydroxylation is 1. The van der Waals surface area contributed by atoms with Crippen LogP contribution >= 0.6 is 0 Å². The number of ether oxygens (including phenoxy) is 2. The third kappa shape index (κ3) is 3.73. The van der Waals surface area contributed by atoms with Crippen LogP contribution in [-0.4, -0.2) is 5.91 Å². The van der Waals surface area contributed by atoms with E-state index in [0.717, 1.165) is 5.75 Å². The van der Waals surface area contributed by atoms with Crippen molar-refractivity contribution in [2.75, 3.05) is 0 Å². The number of benzene rings is 3. The van der Waals surface area contributed by atoms with Crippen molar-refractivity contribution in [2.45, 2.75) is 6.92 Å². The number of para-hydroxylation sites is 2. The van der Waals surface area contributed by atoms with E-state index in [1.807, 2.05) is 55.5 Å². The number of hydrogen-bond donors (Lipinski definition) is 1. The zero-order chi connectivity index (χ0) is 16.9. The topological polar surface area (TPSA) is 61.6 Å². The van der Waals surface area contributed by atoms with Gasteiger partial charge in [-0.3, -0.25) is 4.79 Å². The van der Waals surface area contributed by atoms with Gasteiger partial charge >= 0.3 is 0 Å². The molecule has 0 saturated carbocycles. The summed E-state index contributed by atoms with van der Waals surface area (Å²) in [5, 5.41) is 0. The molecule has 24 heavy (non-hydrogen) atoms. The molecule has 0 fully saturated rings. The molecule has 0 unspecified atom stereocenters. The molecule has 4 nitrogen and oxygen atoms in total. The number of primary amides is 1. The zero-order valence-corrected chi connectivity index (χ0v) is 13.2. The van der Waals surface area contributed by atoms with E-state index >= 15 is 0 Å². The Morgan fingerprint density at radius 1 is 0.750 bits per heavy atom. The van der Waals surface area contributed by atoms with E-state index in [-0.39, 0.29) is 0 Å². The molecule has 0 heterocycles. The SMILES string of the molecule is Cc1ccc(Oc2ccccc2Oc2ccc(C(N)=O)cc2)cc1. The maximum atomic E-state index is 11.1. The summed E-state index contributed by atoms with van der Waals surface area (Å²) < 4.78 is 11.8. The number of nitrogens with two attached hydrogens (primary N) is 1. The molecule has 0 saturated heterocycles. The molecule has 0 bridgehead atoms. The van der Waals surface area contributed by atoms with Gasteiger partial charge in [-0.15, -0.1) is 0 Å². The van der Waals surface area contributed by atoms with E-state index in [1.54, 1.807) is 24.3 Å². The first-order chi connectivity index (χ1) is 11.6. The maximum Gasteiger partial charge on any atom is 0.248 e. The predicted octanol–water partition coefficient (Wildman–Crippen LogP) is 4.68. The average Bonchev–Trinajstić information content (AvgIpc) is 2.59. The highest BCUT2D eigenvalue weighted by atomic mass is 16.5. The Bertz CT molecular complexity index is 840. The van der Waals surface area contributed by atoms with Gasteiger partial charge in [0.2, 0.25) is 5.91 Å². The van der Waals surface area contributed by atoms with Gasteiger partial charge in [-0.25, -0.2) is 0 Å². The van der Waals surface area contributed by atoms with Crippen LogP contribution in [-0.2, 0) is 0 Å². The van der Waals surface area contributed by atoms with Crippen molar-refractivity contribution >= 4 is 5.91 Å². The van der Waals surface area contributed by atoms with Crippen LogP contribution in [0, 0.1) is 6.92 Å². The summed E-state index contributed by atoms with van der Waals surface area (Å²) in [6, 6.07) is 21.9. The number of hydrogen-bond acceptors (Lipinski definition) is 3. The van der Waals surface area contributed by atoms with Crippen LogP contribution in [0.1, 0.15) is 15.9 Å². The lowest BCUT2D eigenvalue weighted by molar-refractivity contribution is 0.100. The van der Waals surface area contributed by atoms with Crippen molar-refractivity contribution < 1.29 is 14.3 Å². The molecule has 3 rings (SSSR count). The highest BCUT2D eigenvalue weighted by Gasteiger charge is 2.08. The van der Waals surface area contributed by atoms with Crippen molar-refractivity contribution in [3.63, 3.8) is 0 Å². The molecule has 3 aromatic rings. The van der Waals surface area contributed by atoms with Gasteiger partial charge in [-0.2, -0.15) is 0 Å². The van der Waals surface area contributed by atoms with Crippen LogP contribution in [0.5, 0.6) is 23.0 Å². The zero-order valence-electron chi connectivity index (χ0n) is 13.2. The van der Waals surface area contributed by atoms with Crippen molar-refractivity contribution in [1.29, 1.82) is 0 Å². The van der Waals surface area contributed by atoms with Gasteiger partial charge in [-0.1, -0.05) is 29.8 Å². The minimum atomic E-state index is -0.468. The molecule has 4 heteroatoms. The van der Waals surface area contributed by atoms with Gasteiger partial charge in [0.05, 0.1) is 0 Å². The lowest BCUT2D eigenvalue weighted by atomic mass is 10.2. The van der Waals surface area contributed by atoms with Crippen LogP contribution in [0.2, 0.25) is 0 Å². The first-order valence-corrected chi connectivity index (χ1v) is 7.53. The summed E-state index contributed by atoms with van der Waals surface area (Å²) in [4.78, 5) is 11.1. The summed E-state index contributed by atoms with van der Waals surface area (Å²) in [7, 11) is 0. The molecule has 0 aliphatic carbocycles. The van der Waals surface area contributed by atoms with Crippen molar-refractivity contribution in [2.24, 2.45) is 5.73 Å². The van der Waals surface area contributed by atoms with Crippen LogP contribution in [0.25, 0.3) is 0 Å². The Hall–Kier alpha value is -3.27. The minimum absolute atomic E-state index is 0.437. The van der Waals surface area contributed by atoms with E-state index in [2.05, 4.69) is 0 Å². The van der Waals surface area contributed by atoms with Crippen molar-refractivity contribution in [3.8, 4) is 23.0 Å². The van der Waals surface area contributed by atoms with Gasteiger partial charge < -0.3 is 15.2 Å². The molecule has 2 N–H and O–H groups in total. The highest BCUT2D eigenvalue weighted by Crippen LogP contribution is 2.34. The summed E-state index contributed by atoms with van der Waals surface area (Å²) >= 11 is 0. The quantitative estimate of drug-likeness (QED) is 0.743. The molecule has 0 aliphatic rings. The standard InChI is InChI=1S/C20H17NO3/c1-14-6-10-16(11-7-14)23-18-4-2-3-5-19(18)24-17-12-8-15(9-13-17)20(21)22/h2-13H,1H3,(H2,21,22). The molecular weight excluding hydrogens is 302 g/mol. The second-order valence-electron chi connectivity index (χ2n) is 5.35. The first kappa shape index (κ1) is 15.6. The number of carbonyl (C=O) groups is 1. The molecular formula is C20H17NO3. The van der Waals surface area contributed by atoms with Crippen molar-refractivity contribution in [1.82, 2.24) is 0 Å². The number of carbonyl (C=O) groups excluding carboxylic acids is 1. The van der Waals surface area contributed by atoms with Gasteiger partial charge in [0, 0.05) is 5.56 Å². The normalized spacial score (nSPS) is 10.2. The largest absolute Gasteiger partial charge is 0.453 e.